The summed E-state index contributed by atoms with van der Waals surface area (Å²) >= 11 is 7.35. The molecule has 3 aromatic rings. The van der Waals surface area contributed by atoms with Crippen LogP contribution >= 0.6 is 23.4 Å². The fourth-order valence-corrected chi connectivity index (χ4v) is 3.81. The topological polar surface area (TPSA) is 102 Å². The highest BCUT2D eigenvalue weighted by Crippen LogP contribution is 2.27. The number of ether oxygens (including phenoxy) is 1. The molecule has 2 aromatic heterocycles. The molecule has 0 fully saturated rings. The number of imidazole rings is 1. The van der Waals surface area contributed by atoms with Gasteiger partial charge in [0.15, 0.2) is 16.3 Å². The number of aromatic amines is 1. The van der Waals surface area contributed by atoms with Crippen molar-refractivity contribution in [1.29, 1.82) is 0 Å². The third-order valence-corrected chi connectivity index (χ3v) is 6.01. The minimum absolute atomic E-state index is 0.0262. The molecule has 0 amide bonds. The summed E-state index contributed by atoms with van der Waals surface area (Å²) in [5.41, 5.74) is -0.518. The van der Waals surface area contributed by atoms with Crippen LogP contribution in [0, 0.1) is 0 Å². The van der Waals surface area contributed by atoms with Gasteiger partial charge < -0.3 is 14.4 Å². The van der Waals surface area contributed by atoms with E-state index in [0.717, 1.165) is 6.42 Å². The molecule has 29 heavy (non-hydrogen) atoms. The monoisotopic (exact) mass is 438 g/mol. The van der Waals surface area contributed by atoms with Crippen molar-refractivity contribution in [2.24, 2.45) is 7.05 Å². The van der Waals surface area contributed by atoms with Crippen molar-refractivity contribution in [3.63, 3.8) is 0 Å². The van der Waals surface area contributed by atoms with Gasteiger partial charge in [-0.15, -0.1) is 0 Å². The maximum atomic E-state index is 12.5. The lowest BCUT2D eigenvalue weighted by atomic mass is 10.3. The average Bonchev–Trinajstić information content (AvgIpc) is 3.04. The first-order chi connectivity index (χ1) is 13.8. The lowest BCUT2D eigenvalue weighted by molar-refractivity contribution is 0.0914. The minimum Gasteiger partial charge on any atom is -0.491 e. The molecule has 0 aliphatic carbocycles. The molecule has 8 nitrogen and oxygen atoms in total. The van der Waals surface area contributed by atoms with Crippen molar-refractivity contribution < 1.29 is 9.84 Å². The molecule has 0 saturated heterocycles. The Morgan fingerprint density at radius 3 is 2.66 bits per heavy atom. The van der Waals surface area contributed by atoms with E-state index in [4.69, 9.17) is 16.3 Å². The molecule has 0 radical (unpaired) electrons. The lowest BCUT2D eigenvalue weighted by Gasteiger charge is -2.16. The Bertz CT molecular complexity index is 1110. The van der Waals surface area contributed by atoms with Crippen molar-refractivity contribution in [2.45, 2.75) is 43.3 Å². The van der Waals surface area contributed by atoms with Gasteiger partial charge in [-0.25, -0.2) is 9.78 Å². The van der Waals surface area contributed by atoms with E-state index in [0.29, 0.717) is 15.9 Å². The second-order valence-corrected chi connectivity index (χ2v) is 8.59. The molecule has 0 aliphatic rings. The molecule has 2 atom stereocenters. The Hall–Kier alpha value is -2.23. The summed E-state index contributed by atoms with van der Waals surface area (Å²) in [5, 5.41) is 12.0. The first-order valence-electron chi connectivity index (χ1n) is 9.22. The number of thioether (sulfide) groups is 1. The van der Waals surface area contributed by atoms with E-state index in [-0.39, 0.29) is 29.6 Å². The largest absolute Gasteiger partial charge is 0.491 e. The number of hydrogen-bond acceptors (Lipinski definition) is 6. The molecule has 0 aliphatic heterocycles. The van der Waals surface area contributed by atoms with Crippen molar-refractivity contribution in [3.05, 3.63) is 50.1 Å². The number of aryl methyl sites for hydroxylation is 1. The highest BCUT2D eigenvalue weighted by molar-refractivity contribution is 7.99. The maximum Gasteiger partial charge on any atom is 0.329 e. The van der Waals surface area contributed by atoms with Crippen LogP contribution < -0.4 is 16.0 Å². The molecule has 2 N–H and O–H groups in total. The smallest absolute Gasteiger partial charge is 0.329 e. The molecule has 156 valence electrons. The standard InChI is InChI=1S/C19H23ClN4O4S/c1-4-11(2)29-19-21-16-15(17(26)22-18(27)23(16)3)24(19)9-13(25)10-28-14-7-5-12(20)6-8-14/h5-8,11,13,25H,4,9-10H2,1-3H3,(H,22,26,27)/t11-,13-/m1/s1. The first kappa shape index (κ1) is 21.5. The molecular weight excluding hydrogens is 416 g/mol. The number of nitrogens with zero attached hydrogens (tertiary/aromatic N) is 3. The summed E-state index contributed by atoms with van der Waals surface area (Å²) < 4.78 is 8.56. The third-order valence-electron chi connectivity index (χ3n) is 4.50. The van der Waals surface area contributed by atoms with Crippen LogP contribution in [0.15, 0.2) is 39.0 Å². The third kappa shape index (κ3) is 4.85. The zero-order valence-corrected chi connectivity index (χ0v) is 18.0. The number of nitrogens with one attached hydrogen (secondary N) is 1. The van der Waals surface area contributed by atoms with Crippen LogP contribution in [0.3, 0.4) is 0 Å². The summed E-state index contributed by atoms with van der Waals surface area (Å²) in [6.45, 7) is 4.24. The number of rotatable bonds is 8. The predicted octanol–water partition coefficient (Wildman–Crippen LogP) is 2.41. The molecule has 10 heteroatoms. The zero-order valence-electron chi connectivity index (χ0n) is 16.4. The van der Waals surface area contributed by atoms with Gasteiger partial charge in [-0.1, -0.05) is 37.2 Å². The van der Waals surface area contributed by atoms with E-state index in [1.54, 1.807) is 35.9 Å². The van der Waals surface area contributed by atoms with Crippen molar-refractivity contribution in [2.75, 3.05) is 6.61 Å². The van der Waals surface area contributed by atoms with E-state index in [2.05, 4.69) is 23.8 Å². The number of benzene rings is 1. The van der Waals surface area contributed by atoms with Gasteiger partial charge in [0.1, 0.15) is 18.5 Å². The summed E-state index contributed by atoms with van der Waals surface area (Å²) in [4.78, 5) is 31.2. The molecule has 3 rings (SSSR count). The summed E-state index contributed by atoms with van der Waals surface area (Å²) in [6.07, 6.45) is 0.0155. The quantitative estimate of drug-likeness (QED) is 0.523. The lowest BCUT2D eigenvalue weighted by Crippen LogP contribution is -2.30. The van der Waals surface area contributed by atoms with Gasteiger partial charge >= 0.3 is 5.69 Å². The van der Waals surface area contributed by atoms with Crippen LogP contribution in [0.25, 0.3) is 11.2 Å². The first-order valence-corrected chi connectivity index (χ1v) is 10.5. The Morgan fingerprint density at radius 2 is 2.00 bits per heavy atom. The van der Waals surface area contributed by atoms with E-state index in [1.807, 2.05) is 0 Å². The van der Waals surface area contributed by atoms with E-state index < -0.39 is 17.4 Å². The highest BCUT2D eigenvalue weighted by atomic mass is 35.5. The number of aromatic nitrogens is 4. The Kier molecular flexibility index (Phi) is 6.71. The molecule has 1 aromatic carbocycles. The van der Waals surface area contributed by atoms with Gasteiger partial charge in [-0.3, -0.25) is 14.3 Å². The second-order valence-electron chi connectivity index (χ2n) is 6.75. The van der Waals surface area contributed by atoms with E-state index >= 15 is 0 Å². The zero-order chi connectivity index (χ0) is 21.1. The van der Waals surface area contributed by atoms with Gasteiger partial charge in [0.25, 0.3) is 5.56 Å². The fraction of sp³-hybridized carbons (Fsp3) is 0.421. The second kappa shape index (κ2) is 9.06. The maximum absolute atomic E-state index is 12.5. The van der Waals surface area contributed by atoms with Crippen molar-refractivity contribution in [3.8, 4) is 5.75 Å². The molecule has 0 bridgehead atoms. The van der Waals surface area contributed by atoms with Gasteiger partial charge in [0.05, 0.1) is 6.54 Å². The van der Waals surface area contributed by atoms with Crippen LogP contribution in [-0.2, 0) is 13.6 Å². The number of aliphatic hydroxyl groups excluding tert-OH is 1. The SMILES string of the molecule is CC[C@@H](C)Sc1nc2c(c(=O)[nH]c(=O)n2C)n1C[C@@H](O)COc1ccc(Cl)cc1. The van der Waals surface area contributed by atoms with Crippen LogP contribution in [-0.4, -0.2) is 42.2 Å². The molecular formula is C19H23ClN4O4S. The van der Waals surface area contributed by atoms with Crippen LogP contribution in [0.2, 0.25) is 5.02 Å². The molecule has 2 heterocycles. The summed E-state index contributed by atoms with van der Waals surface area (Å²) in [5.74, 6) is 0.582. The number of halogens is 1. The highest BCUT2D eigenvalue weighted by Gasteiger charge is 2.21. The average molecular weight is 439 g/mol. The van der Waals surface area contributed by atoms with Crippen LogP contribution in [0.5, 0.6) is 5.75 Å². The van der Waals surface area contributed by atoms with Crippen molar-refractivity contribution in [1.82, 2.24) is 19.1 Å². The predicted molar refractivity (Wildman–Crippen MR) is 114 cm³/mol. The van der Waals surface area contributed by atoms with Crippen LogP contribution in [0.4, 0.5) is 0 Å². The van der Waals surface area contributed by atoms with Gasteiger partial charge in [-0.2, -0.15) is 0 Å². The Balaban J connectivity index is 1.90. The minimum atomic E-state index is -0.893. The summed E-state index contributed by atoms with van der Waals surface area (Å²) in [7, 11) is 1.55. The number of aliphatic hydroxyl groups is 1. The number of fused-ring (bicyclic) bond motifs is 1. The number of hydrogen-bond donors (Lipinski definition) is 2. The van der Waals surface area contributed by atoms with Gasteiger partial charge in [-0.05, 0) is 30.7 Å². The van der Waals surface area contributed by atoms with E-state index in [1.165, 1.54) is 16.3 Å². The Morgan fingerprint density at radius 1 is 1.31 bits per heavy atom. The molecule has 0 unspecified atom stereocenters. The van der Waals surface area contributed by atoms with Crippen molar-refractivity contribution >= 4 is 34.5 Å². The van der Waals surface area contributed by atoms with E-state index in [9.17, 15) is 14.7 Å². The summed E-state index contributed by atoms with van der Waals surface area (Å²) in [6, 6.07) is 6.83. The van der Waals surface area contributed by atoms with Gasteiger partial charge in [0.2, 0.25) is 0 Å². The van der Waals surface area contributed by atoms with Gasteiger partial charge in [0, 0.05) is 17.3 Å². The molecule has 0 spiro atoms. The molecule has 0 saturated carbocycles. The Labute approximate surface area is 176 Å². The fourth-order valence-electron chi connectivity index (χ4n) is 2.72. The number of H-pyrrole nitrogens is 1. The normalized spacial score (nSPS) is 13.6. The van der Waals surface area contributed by atoms with Crippen LogP contribution in [0.1, 0.15) is 20.3 Å².